The average molecular weight is 324 g/mol. The molecule has 5 heteroatoms. The molecule has 2 fully saturated rings. The zero-order valence-corrected chi connectivity index (χ0v) is 13.3. The first-order valence-electron chi connectivity index (χ1n) is 7.96. The minimum Gasteiger partial charge on any atom is -0.299 e. The van der Waals surface area contributed by atoms with Crippen LogP contribution in [0.2, 0.25) is 0 Å². The maximum atomic E-state index is 13.1. The summed E-state index contributed by atoms with van der Waals surface area (Å²) in [6.45, 7) is 0. The van der Waals surface area contributed by atoms with Gasteiger partial charge in [-0.1, -0.05) is 18.6 Å². The summed E-state index contributed by atoms with van der Waals surface area (Å²) in [5.74, 6) is -0.285. The van der Waals surface area contributed by atoms with Crippen molar-refractivity contribution in [2.24, 2.45) is 5.92 Å². The van der Waals surface area contributed by atoms with Gasteiger partial charge in [-0.15, -0.1) is 0 Å². The molecular weight excluding hydrogens is 303 g/mol. The molecule has 0 N–H and O–H groups in total. The highest BCUT2D eigenvalue weighted by atomic mass is 32.2. The molecular formula is C17H21FO3S. The van der Waals surface area contributed by atoms with Gasteiger partial charge < -0.3 is 0 Å². The lowest BCUT2D eigenvalue weighted by atomic mass is 9.85. The zero-order chi connectivity index (χ0) is 15.7. The number of carbonyl (C=O) groups is 1. The lowest BCUT2D eigenvalue weighted by molar-refractivity contribution is -0.123. The lowest BCUT2D eigenvalue weighted by Crippen LogP contribution is -2.45. The molecule has 22 heavy (non-hydrogen) atoms. The molecule has 1 aromatic rings. The topological polar surface area (TPSA) is 51.2 Å². The van der Waals surface area contributed by atoms with Crippen LogP contribution in [0, 0.1) is 11.7 Å². The second-order valence-corrected chi connectivity index (χ2v) is 9.04. The van der Waals surface area contributed by atoms with E-state index in [0.29, 0.717) is 38.5 Å². The summed E-state index contributed by atoms with van der Waals surface area (Å²) in [5.41, 5.74) is 0.817. The Balaban J connectivity index is 1.62. The Bertz CT molecular complexity index is 648. The predicted octanol–water partition coefficient (Wildman–Crippen LogP) is 3.07. The van der Waals surface area contributed by atoms with Crippen molar-refractivity contribution < 1.29 is 17.6 Å². The van der Waals surface area contributed by atoms with Crippen LogP contribution >= 0.6 is 0 Å². The van der Waals surface area contributed by atoms with Crippen LogP contribution in [0.25, 0.3) is 0 Å². The van der Waals surface area contributed by atoms with Crippen molar-refractivity contribution in [3.05, 3.63) is 35.6 Å². The molecule has 1 aromatic carbocycles. The van der Waals surface area contributed by atoms with Crippen LogP contribution in [-0.2, 0) is 21.1 Å². The first kappa shape index (κ1) is 15.7. The summed E-state index contributed by atoms with van der Waals surface area (Å²) in [6.07, 6.45) is 4.22. The maximum absolute atomic E-state index is 13.1. The molecule has 0 saturated carbocycles. The maximum Gasteiger partial charge on any atom is 0.156 e. The number of sulfone groups is 1. The second-order valence-electron chi connectivity index (χ2n) is 6.53. The van der Waals surface area contributed by atoms with Gasteiger partial charge >= 0.3 is 0 Å². The molecule has 2 atom stereocenters. The number of benzene rings is 1. The Hall–Kier alpha value is -1.23. The van der Waals surface area contributed by atoms with Gasteiger partial charge in [-0.3, -0.25) is 4.79 Å². The van der Waals surface area contributed by atoms with Crippen molar-refractivity contribution in [1.29, 1.82) is 0 Å². The van der Waals surface area contributed by atoms with Gasteiger partial charge in [0.05, 0.1) is 10.5 Å². The largest absolute Gasteiger partial charge is 0.299 e. The third-order valence-corrected chi connectivity index (χ3v) is 7.80. The van der Waals surface area contributed by atoms with E-state index >= 15 is 0 Å². The first-order valence-corrected chi connectivity index (χ1v) is 9.57. The number of hydrogen-bond acceptors (Lipinski definition) is 3. The fourth-order valence-electron chi connectivity index (χ4n) is 3.84. The quantitative estimate of drug-likeness (QED) is 0.855. The smallest absolute Gasteiger partial charge is 0.156 e. The van der Waals surface area contributed by atoms with Crippen molar-refractivity contribution in [1.82, 2.24) is 0 Å². The lowest BCUT2D eigenvalue weighted by Gasteiger charge is -2.38. The van der Waals surface area contributed by atoms with Crippen LogP contribution in [0.5, 0.6) is 0 Å². The fraction of sp³-hybridized carbons (Fsp3) is 0.588. The zero-order valence-electron chi connectivity index (χ0n) is 12.5. The summed E-state index contributed by atoms with van der Waals surface area (Å²) in [4.78, 5) is 12.4. The molecule has 0 aromatic heterocycles. The Morgan fingerprint density at radius 3 is 2.50 bits per heavy atom. The minimum atomic E-state index is -3.01. The Morgan fingerprint density at radius 1 is 1.18 bits per heavy atom. The number of halogens is 1. The first-order chi connectivity index (χ1) is 10.5. The summed E-state index contributed by atoms with van der Waals surface area (Å²) in [5, 5.41) is -0.633. The van der Waals surface area contributed by atoms with Crippen molar-refractivity contribution in [2.75, 3.05) is 0 Å². The minimum absolute atomic E-state index is 0.132. The molecule has 2 aliphatic heterocycles. The van der Waals surface area contributed by atoms with E-state index < -0.39 is 9.84 Å². The van der Waals surface area contributed by atoms with Gasteiger partial charge in [0.15, 0.2) is 9.84 Å². The van der Waals surface area contributed by atoms with E-state index in [9.17, 15) is 17.6 Å². The second kappa shape index (κ2) is 6.11. The van der Waals surface area contributed by atoms with E-state index in [4.69, 9.17) is 0 Å². The van der Waals surface area contributed by atoms with Crippen molar-refractivity contribution in [3.63, 3.8) is 0 Å². The van der Waals surface area contributed by atoms with Gasteiger partial charge in [-0.2, -0.15) is 0 Å². The van der Waals surface area contributed by atoms with Crippen LogP contribution in [0.15, 0.2) is 24.3 Å². The van der Waals surface area contributed by atoms with Gasteiger partial charge in [0.25, 0.3) is 0 Å². The Morgan fingerprint density at radius 2 is 1.86 bits per heavy atom. The van der Waals surface area contributed by atoms with E-state index in [1.807, 2.05) is 6.07 Å². The highest BCUT2D eigenvalue weighted by molar-refractivity contribution is 7.92. The SMILES string of the molecule is O=C(CCc1cccc(F)c1)C1CC2CCCC(C1)S2(=O)=O. The molecule has 2 aliphatic rings. The number of rotatable bonds is 4. The monoisotopic (exact) mass is 324 g/mol. The molecule has 0 radical (unpaired) electrons. The third-order valence-electron chi connectivity index (χ3n) is 5.08. The fourth-order valence-corrected chi connectivity index (χ4v) is 6.37. The molecule has 0 amide bonds. The molecule has 2 saturated heterocycles. The van der Waals surface area contributed by atoms with E-state index in [-0.39, 0.29) is 28.0 Å². The average Bonchev–Trinajstić information content (AvgIpc) is 2.43. The molecule has 2 bridgehead atoms. The van der Waals surface area contributed by atoms with Crippen molar-refractivity contribution in [3.8, 4) is 0 Å². The van der Waals surface area contributed by atoms with E-state index in [0.717, 1.165) is 12.0 Å². The van der Waals surface area contributed by atoms with Crippen LogP contribution in [-0.4, -0.2) is 24.7 Å². The summed E-state index contributed by atoms with van der Waals surface area (Å²) in [6, 6.07) is 6.30. The van der Waals surface area contributed by atoms with Gasteiger partial charge in [0.2, 0.25) is 0 Å². The van der Waals surface area contributed by atoms with E-state index in [1.54, 1.807) is 6.07 Å². The number of hydrogen-bond donors (Lipinski definition) is 0. The highest BCUT2D eigenvalue weighted by Gasteiger charge is 2.45. The number of fused-ring (bicyclic) bond motifs is 2. The predicted molar refractivity (Wildman–Crippen MR) is 82.8 cm³/mol. The van der Waals surface area contributed by atoms with Crippen LogP contribution in [0.4, 0.5) is 4.39 Å². The molecule has 0 spiro atoms. The standard InChI is InChI=1S/C17H21FO3S/c18-14-4-1-3-12(9-14)7-8-17(19)13-10-15-5-2-6-16(11-13)22(15,20)21/h1,3-4,9,13,15-16H,2,5-8,10-11H2. The van der Waals surface area contributed by atoms with Crippen molar-refractivity contribution >= 4 is 15.6 Å². The third kappa shape index (κ3) is 3.09. The van der Waals surface area contributed by atoms with E-state index in [2.05, 4.69) is 0 Å². The molecule has 3 rings (SSSR count). The molecule has 0 aliphatic carbocycles. The molecule has 2 unspecified atom stereocenters. The number of aryl methyl sites for hydroxylation is 1. The summed E-state index contributed by atoms with van der Waals surface area (Å²) >= 11 is 0. The van der Waals surface area contributed by atoms with Gasteiger partial charge in [0.1, 0.15) is 11.6 Å². The molecule has 3 nitrogen and oxygen atoms in total. The van der Waals surface area contributed by atoms with E-state index in [1.165, 1.54) is 12.1 Å². The number of carbonyl (C=O) groups excluding carboxylic acids is 1. The number of ketones is 1. The number of Topliss-reactive ketones (excluding diaryl/α,β-unsaturated/α-hetero) is 1. The van der Waals surface area contributed by atoms with Crippen LogP contribution in [0.3, 0.4) is 0 Å². The Labute approximate surface area is 130 Å². The highest BCUT2D eigenvalue weighted by Crippen LogP contribution is 2.40. The van der Waals surface area contributed by atoms with Crippen molar-refractivity contribution in [2.45, 2.75) is 55.4 Å². The molecule has 2 heterocycles. The normalized spacial score (nSPS) is 30.0. The van der Waals surface area contributed by atoms with Crippen LogP contribution < -0.4 is 0 Å². The summed E-state index contributed by atoms with van der Waals surface area (Å²) < 4.78 is 37.6. The molecule has 120 valence electrons. The van der Waals surface area contributed by atoms with Gasteiger partial charge in [-0.05, 0) is 49.8 Å². The van der Waals surface area contributed by atoms with Gasteiger partial charge in [0, 0.05) is 12.3 Å². The van der Waals surface area contributed by atoms with Gasteiger partial charge in [-0.25, -0.2) is 12.8 Å². The summed E-state index contributed by atoms with van der Waals surface area (Å²) in [7, 11) is -3.01. The Kier molecular flexibility index (Phi) is 4.35. The van der Waals surface area contributed by atoms with Crippen LogP contribution in [0.1, 0.15) is 44.1 Å².